The summed E-state index contributed by atoms with van der Waals surface area (Å²) in [5.41, 5.74) is 8.52. The summed E-state index contributed by atoms with van der Waals surface area (Å²) in [6, 6.07) is 9.22. The molecule has 1 aromatic carbocycles. The molecule has 0 unspecified atom stereocenters. The zero-order chi connectivity index (χ0) is 23.5. The van der Waals surface area contributed by atoms with Gasteiger partial charge >= 0.3 is 0 Å². The van der Waals surface area contributed by atoms with Crippen LogP contribution in [0.2, 0.25) is 0 Å². The quantitative estimate of drug-likeness (QED) is 0.287. The molecule has 0 spiro atoms. The highest BCUT2D eigenvalue weighted by Gasteiger charge is 2.26. The van der Waals surface area contributed by atoms with Crippen molar-refractivity contribution in [2.24, 2.45) is 11.1 Å². The number of nitrogens with one attached hydrogen (secondary N) is 2. The van der Waals surface area contributed by atoms with Gasteiger partial charge in [0.05, 0.1) is 11.8 Å². The Morgan fingerprint density at radius 1 is 1.22 bits per heavy atom. The van der Waals surface area contributed by atoms with Crippen LogP contribution >= 0.6 is 0 Å². The number of aromatic amines is 1. The van der Waals surface area contributed by atoms with Crippen LogP contribution in [0.1, 0.15) is 56.5 Å². The van der Waals surface area contributed by atoms with E-state index in [0.717, 1.165) is 17.7 Å². The van der Waals surface area contributed by atoms with Crippen molar-refractivity contribution >= 4 is 39.9 Å². The van der Waals surface area contributed by atoms with E-state index in [4.69, 9.17) is 5.73 Å². The second kappa shape index (κ2) is 9.02. The van der Waals surface area contributed by atoms with Crippen LogP contribution in [-0.4, -0.2) is 26.6 Å². The van der Waals surface area contributed by atoms with Gasteiger partial charge in [0.2, 0.25) is 0 Å². The summed E-state index contributed by atoms with van der Waals surface area (Å²) in [6.07, 6.45) is 4.57. The second-order valence-corrected chi connectivity index (χ2v) is 8.52. The summed E-state index contributed by atoms with van der Waals surface area (Å²) >= 11 is 0. The number of H-pyrrole nitrogens is 1. The molecule has 0 radical (unpaired) electrons. The number of allylic oxidation sites excluding steroid dienone is 1. The van der Waals surface area contributed by atoms with Gasteiger partial charge in [0.25, 0.3) is 5.91 Å². The fourth-order valence-corrected chi connectivity index (χ4v) is 3.37. The Hall–Kier alpha value is -3.99. The number of rotatable bonds is 7. The van der Waals surface area contributed by atoms with Crippen molar-refractivity contribution in [2.75, 3.05) is 5.32 Å². The predicted octanol–water partition coefficient (Wildman–Crippen LogP) is 4.49. The van der Waals surface area contributed by atoms with Gasteiger partial charge in [-0.05, 0) is 29.7 Å². The number of hydrogen-bond donors (Lipinski definition) is 3. The normalized spacial score (nSPS) is 12.2. The standard InChI is InChI=1S/C24H26N6O2/c1-5-6-16(17(11-25)22(26)32)14-7-9-15(10-8-14)29-19-13-28-23-20(30-19)18(12-27-23)21(31)24(2,3)4/h7-10,12-13H,5-6H2,1-4H3,(H2,26,32)(H,27,28)(H,29,30). The predicted molar refractivity (Wildman–Crippen MR) is 124 cm³/mol. The van der Waals surface area contributed by atoms with Gasteiger partial charge in [-0.1, -0.05) is 46.2 Å². The van der Waals surface area contributed by atoms with Gasteiger partial charge < -0.3 is 16.0 Å². The number of amides is 1. The van der Waals surface area contributed by atoms with E-state index in [1.165, 1.54) is 0 Å². The van der Waals surface area contributed by atoms with Crippen molar-refractivity contribution in [3.05, 3.63) is 53.4 Å². The van der Waals surface area contributed by atoms with E-state index in [1.54, 1.807) is 12.4 Å². The van der Waals surface area contributed by atoms with E-state index in [1.807, 2.05) is 58.0 Å². The number of aromatic nitrogens is 3. The van der Waals surface area contributed by atoms with Crippen LogP contribution in [0.4, 0.5) is 11.5 Å². The van der Waals surface area contributed by atoms with E-state index >= 15 is 0 Å². The largest absolute Gasteiger partial charge is 0.365 e. The Labute approximate surface area is 186 Å². The van der Waals surface area contributed by atoms with Crippen LogP contribution in [-0.2, 0) is 4.79 Å². The fourth-order valence-electron chi connectivity index (χ4n) is 3.37. The van der Waals surface area contributed by atoms with Gasteiger partial charge in [0.1, 0.15) is 23.0 Å². The Morgan fingerprint density at radius 2 is 1.91 bits per heavy atom. The summed E-state index contributed by atoms with van der Waals surface area (Å²) < 4.78 is 0. The molecule has 2 heterocycles. The number of carbonyl (C=O) groups excluding carboxylic acids is 2. The van der Waals surface area contributed by atoms with Crippen molar-refractivity contribution in [2.45, 2.75) is 40.5 Å². The summed E-state index contributed by atoms with van der Waals surface area (Å²) in [4.78, 5) is 36.3. The summed E-state index contributed by atoms with van der Waals surface area (Å²) in [5.74, 6) is -0.252. The molecule has 3 rings (SSSR count). The molecule has 2 aromatic heterocycles. The molecule has 0 saturated heterocycles. The second-order valence-electron chi connectivity index (χ2n) is 8.52. The van der Waals surface area contributed by atoms with Crippen LogP contribution < -0.4 is 11.1 Å². The zero-order valence-electron chi connectivity index (χ0n) is 18.6. The number of fused-ring (bicyclic) bond motifs is 1. The number of nitriles is 1. The maximum atomic E-state index is 12.7. The molecule has 0 aliphatic carbocycles. The molecule has 8 heteroatoms. The lowest BCUT2D eigenvalue weighted by atomic mass is 9.87. The lowest BCUT2D eigenvalue weighted by Gasteiger charge is -2.15. The first kappa shape index (κ1) is 22.7. The Balaban J connectivity index is 1.91. The van der Waals surface area contributed by atoms with Crippen LogP contribution in [0.25, 0.3) is 16.7 Å². The number of benzene rings is 1. The first-order valence-corrected chi connectivity index (χ1v) is 10.3. The average Bonchev–Trinajstić information content (AvgIpc) is 3.16. The number of primary amides is 1. The number of nitrogens with zero attached hydrogens (tertiary/aromatic N) is 3. The molecule has 0 bridgehead atoms. The third kappa shape index (κ3) is 4.67. The SMILES string of the molecule is CCCC(=C(C#N)C(N)=O)c1ccc(Nc2cnc3[nH]cc(C(=O)C(C)(C)C)c3n2)cc1. The third-order valence-electron chi connectivity index (χ3n) is 4.97. The van der Waals surface area contributed by atoms with Gasteiger partial charge in [-0.15, -0.1) is 0 Å². The van der Waals surface area contributed by atoms with Crippen LogP contribution in [0.5, 0.6) is 0 Å². The van der Waals surface area contributed by atoms with Crippen molar-refractivity contribution in [1.29, 1.82) is 5.26 Å². The highest BCUT2D eigenvalue weighted by molar-refractivity contribution is 6.08. The number of nitrogens with two attached hydrogens (primary N) is 1. The van der Waals surface area contributed by atoms with E-state index in [9.17, 15) is 14.9 Å². The molecular weight excluding hydrogens is 404 g/mol. The Kier molecular flexibility index (Phi) is 6.40. The minimum atomic E-state index is -0.728. The minimum Gasteiger partial charge on any atom is -0.365 e. The van der Waals surface area contributed by atoms with Crippen LogP contribution in [0.3, 0.4) is 0 Å². The summed E-state index contributed by atoms with van der Waals surface area (Å²) in [7, 11) is 0. The van der Waals surface area contributed by atoms with Gasteiger partial charge in [-0.2, -0.15) is 5.26 Å². The van der Waals surface area contributed by atoms with E-state index in [-0.39, 0.29) is 11.4 Å². The summed E-state index contributed by atoms with van der Waals surface area (Å²) in [5, 5.41) is 12.5. The van der Waals surface area contributed by atoms with Gasteiger partial charge in [0, 0.05) is 17.3 Å². The molecule has 32 heavy (non-hydrogen) atoms. The lowest BCUT2D eigenvalue weighted by Crippen LogP contribution is -2.20. The first-order valence-electron chi connectivity index (χ1n) is 10.3. The Morgan fingerprint density at radius 3 is 2.47 bits per heavy atom. The summed E-state index contributed by atoms with van der Waals surface area (Å²) in [6.45, 7) is 7.56. The topological polar surface area (TPSA) is 138 Å². The van der Waals surface area contributed by atoms with Crippen LogP contribution in [0, 0.1) is 16.7 Å². The maximum absolute atomic E-state index is 12.7. The maximum Gasteiger partial charge on any atom is 0.259 e. The van der Waals surface area contributed by atoms with Crippen molar-refractivity contribution in [3.63, 3.8) is 0 Å². The number of ketones is 1. The molecule has 4 N–H and O–H groups in total. The van der Waals surface area contributed by atoms with E-state index in [2.05, 4.69) is 20.3 Å². The third-order valence-corrected chi connectivity index (χ3v) is 4.97. The molecule has 0 aliphatic rings. The molecule has 0 aliphatic heterocycles. The number of anilines is 2. The molecule has 0 atom stereocenters. The molecular formula is C24H26N6O2. The number of hydrogen-bond acceptors (Lipinski definition) is 6. The minimum absolute atomic E-state index is 0.0162. The molecule has 3 aromatic rings. The highest BCUT2D eigenvalue weighted by atomic mass is 16.1. The fraction of sp³-hybridized carbons (Fsp3) is 0.292. The van der Waals surface area contributed by atoms with E-state index in [0.29, 0.717) is 34.5 Å². The van der Waals surface area contributed by atoms with Gasteiger partial charge in [-0.3, -0.25) is 9.59 Å². The molecule has 0 fully saturated rings. The number of Topliss-reactive ketones (excluding diaryl/α,β-unsaturated/α-hetero) is 1. The Bertz CT molecular complexity index is 1240. The van der Waals surface area contributed by atoms with Gasteiger partial charge in [0.15, 0.2) is 11.4 Å². The molecule has 8 nitrogen and oxygen atoms in total. The van der Waals surface area contributed by atoms with Crippen molar-refractivity contribution in [3.8, 4) is 6.07 Å². The van der Waals surface area contributed by atoms with Gasteiger partial charge in [-0.25, -0.2) is 9.97 Å². The first-order chi connectivity index (χ1) is 15.2. The number of carbonyl (C=O) groups is 2. The molecule has 164 valence electrons. The van der Waals surface area contributed by atoms with Crippen molar-refractivity contribution in [1.82, 2.24) is 15.0 Å². The lowest BCUT2D eigenvalue weighted by molar-refractivity contribution is -0.114. The smallest absolute Gasteiger partial charge is 0.259 e. The highest BCUT2D eigenvalue weighted by Crippen LogP contribution is 2.28. The zero-order valence-corrected chi connectivity index (χ0v) is 18.6. The van der Waals surface area contributed by atoms with Crippen molar-refractivity contribution < 1.29 is 9.59 Å². The monoisotopic (exact) mass is 430 g/mol. The average molecular weight is 431 g/mol. The molecule has 1 amide bonds. The van der Waals surface area contributed by atoms with E-state index < -0.39 is 11.3 Å². The molecule has 0 saturated carbocycles. The van der Waals surface area contributed by atoms with Crippen LogP contribution in [0.15, 0.2) is 42.2 Å².